The van der Waals surface area contributed by atoms with Gasteiger partial charge in [-0.05, 0) is 41.6 Å². The molecule has 0 amide bonds. The van der Waals surface area contributed by atoms with Crippen LogP contribution in [0.15, 0.2) is 53.1 Å². The summed E-state index contributed by atoms with van der Waals surface area (Å²) in [5.74, 6) is 1.27. The summed E-state index contributed by atoms with van der Waals surface area (Å²) >= 11 is 12.0. The highest BCUT2D eigenvalue weighted by Crippen LogP contribution is 2.24. The van der Waals surface area contributed by atoms with E-state index in [1.807, 2.05) is 30.3 Å². The Kier molecular flexibility index (Phi) is 4.17. The molecule has 7 nitrogen and oxygen atoms in total. The van der Waals surface area contributed by atoms with Crippen LogP contribution in [0.2, 0.25) is 10.0 Å². The van der Waals surface area contributed by atoms with Gasteiger partial charge in [0.05, 0.1) is 5.02 Å². The van der Waals surface area contributed by atoms with Crippen LogP contribution in [0.1, 0.15) is 5.89 Å². The smallest absolute Gasteiger partial charge is 0.250 e. The summed E-state index contributed by atoms with van der Waals surface area (Å²) in [7, 11) is 0. The summed E-state index contributed by atoms with van der Waals surface area (Å²) in [6.07, 6.45) is 0. The third-order valence-electron chi connectivity index (χ3n) is 3.41. The van der Waals surface area contributed by atoms with Crippen molar-refractivity contribution in [3.05, 3.63) is 64.5 Å². The van der Waals surface area contributed by atoms with Crippen LogP contribution in [0.4, 0.5) is 0 Å². The zero-order chi connectivity index (χ0) is 17.2. The van der Waals surface area contributed by atoms with E-state index in [4.69, 9.17) is 27.7 Å². The first-order valence-electron chi connectivity index (χ1n) is 7.30. The van der Waals surface area contributed by atoms with Crippen molar-refractivity contribution in [2.45, 2.75) is 6.54 Å². The summed E-state index contributed by atoms with van der Waals surface area (Å²) in [5.41, 5.74) is 1.52. The molecule has 0 atom stereocenters. The number of benzene rings is 2. The molecule has 124 valence electrons. The molecular formula is C16H10Cl2N6O. The number of rotatable bonds is 4. The van der Waals surface area contributed by atoms with Crippen LogP contribution in [0, 0.1) is 0 Å². The molecular weight excluding hydrogens is 363 g/mol. The molecule has 0 N–H and O–H groups in total. The fourth-order valence-electron chi connectivity index (χ4n) is 2.22. The highest BCUT2D eigenvalue weighted by molar-refractivity contribution is 6.33. The first-order chi connectivity index (χ1) is 12.2. The molecule has 2 aromatic carbocycles. The Hall–Kier alpha value is -2.77. The Morgan fingerprint density at radius 1 is 0.960 bits per heavy atom. The van der Waals surface area contributed by atoms with Crippen LogP contribution < -0.4 is 0 Å². The number of tetrazole rings is 1. The molecule has 0 saturated heterocycles. The van der Waals surface area contributed by atoms with Crippen molar-refractivity contribution in [2.75, 3.05) is 0 Å². The molecule has 2 heterocycles. The van der Waals surface area contributed by atoms with Crippen LogP contribution in [-0.4, -0.2) is 30.3 Å². The monoisotopic (exact) mass is 372 g/mol. The second-order valence-electron chi connectivity index (χ2n) is 5.14. The van der Waals surface area contributed by atoms with Crippen molar-refractivity contribution >= 4 is 23.2 Å². The van der Waals surface area contributed by atoms with E-state index in [1.165, 1.54) is 4.80 Å². The third kappa shape index (κ3) is 3.38. The van der Waals surface area contributed by atoms with Crippen molar-refractivity contribution in [2.24, 2.45) is 0 Å². The van der Waals surface area contributed by atoms with E-state index in [1.54, 1.807) is 18.2 Å². The highest BCUT2D eigenvalue weighted by Gasteiger charge is 2.13. The molecule has 0 aliphatic carbocycles. The molecule has 2 aromatic heterocycles. The summed E-state index contributed by atoms with van der Waals surface area (Å²) in [6, 6.07) is 14.5. The zero-order valence-corrected chi connectivity index (χ0v) is 14.2. The Balaban J connectivity index is 1.54. The van der Waals surface area contributed by atoms with E-state index in [0.29, 0.717) is 33.1 Å². The number of hydrogen-bond donors (Lipinski definition) is 0. The first-order valence-corrected chi connectivity index (χ1v) is 8.06. The van der Waals surface area contributed by atoms with Crippen LogP contribution >= 0.6 is 23.2 Å². The van der Waals surface area contributed by atoms with Gasteiger partial charge in [-0.3, -0.25) is 0 Å². The summed E-state index contributed by atoms with van der Waals surface area (Å²) < 4.78 is 5.24. The Labute approximate surface area is 152 Å². The zero-order valence-electron chi connectivity index (χ0n) is 12.7. The van der Waals surface area contributed by atoms with Crippen LogP contribution in [0.5, 0.6) is 0 Å². The summed E-state index contributed by atoms with van der Waals surface area (Å²) in [5, 5.41) is 17.5. The SMILES string of the molecule is Clc1ccc(-c2noc(Cn3nnc(-c4ccccc4Cl)n3)n2)cc1. The average molecular weight is 373 g/mol. The Morgan fingerprint density at radius 2 is 1.76 bits per heavy atom. The average Bonchev–Trinajstić information content (AvgIpc) is 3.26. The lowest BCUT2D eigenvalue weighted by Crippen LogP contribution is -2.04. The van der Waals surface area contributed by atoms with Crippen molar-refractivity contribution in [3.8, 4) is 22.8 Å². The minimum atomic E-state index is 0.206. The Bertz CT molecular complexity index is 1010. The predicted molar refractivity (Wildman–Crippen MR) is 92.1 cm³/mol. The molecule has 0 aliphatic rings. The van der Waals surface area contributed by atoms with E-state index in [0.717, 1.165) is 5.56 Å². The summed E-state index contributed by atoms with van der Waals surface area (Å²) in [6.45, 7) is 0.206. The van der Waals surface area contributed by atoms with Crippen molar-refractivity contribution in [1.29, 1.82) is 0 Å². The van der Waals surface area contributed by atoms with Gasteiger partial charge in [0, 0.05) is 16.1 Å². The van der Waals surface area contributed by atoms with Crippen molar-refractivity contribution < 1.29 is 4.52 Å². The molecule has 0 fully saturated rings. The van der Waals surface area contributed by atoms with Gasteiger partial charge in [-0.15, -0.1) is 10.2 Å². The maximum atomic E-state index is 6.14. The quantitative estimate of drug-likeness (QED) is 0.542. The molecule has 4 aromatic rings. The number of halogens is 2. The van der Waals surface area contributed by atoms with Gasteiger partial charge in [0.15, 0.2) is 0 Å². The number of aromatic nitrogens is 6. The van der Waals surface area contributed by atoms with E-state index in [2.05, 4.69) is 25.6 Å². The lowest BCUT2D eigenvalue weighted by atomic mass is 10.2. The predicted octanol–water partition coefficient (Wildman–Crippen LogP) is 3.75. The molecule has 0 unspecified atom stereocenters. The topological polar surface area (TPSA) is 82.5 Å². The van der Waals surface area contributed by atoms with Gasteiger partial charge < -0.3 is 4.52 Å². The molecule has 4 rings (SSSR count). The normalized spacial score (nSPS) is 11.0. The largest absolute Gasteiger partial charge is 0.337 e. The van der Waals surface area contributed by atoms with Gasteiger partial charge in [0.2, 0.25) is 11.6 Å². The van der Waals surface area contributed by atoms with Gasteiger partial charge >= 0.3 is 0 Å². The van der Waals surface area contributed by atoms with Crippen LogP contribution in [-0.2, 0) is 6.54 Å². The number of nitrogens with zero attached hydrogens (tertiary/aromatic N) is 6. The standard InChI is InChI=1S/C16H10Cl2N6O/c17-11-7-5-10(6-8-11)15-19-14(25-22-15)9-24-21-16(20-23-24)12-3-1-2-4-13(12)18/h1-8H,9H2. The van der Waals surface area contributed by atoms with Crippen molar-refractivity contribution in [1.82, 2.24) is 30.3 Å². The van der Waals surface area contributed by atoms with Gasteiger partial charge in [-0.25, -0.2) is 0 Å². The number of hydrogen-bond acceptors (Lipinski definition) is 6. The minimum Gasteiger partial charge on any atom is -0.337 e. The maximum Gasteiger partial charge on any atom is 0.250 e. The second-order valence-corrected chi connectivity index (χ2v) is 5.99. The van der Waals surface area contributed by atoms with Crippen LogP contribution in [0.3, 0.4) is 0 Å². The molecule has 0 aliphatic heterocycles. The van der Waals surface area contributed by atoms with Crippen molar-refractivity contribution in [3.63, 3.8) is 0 Å². The molecule has 0 bridgehead atoms. The fourth-order valence-corrected chi connectivity index (χ4v) is 2.56. The maximum absolute atomic E-state index is 6.14. The van der Waals surface area contributed by atoms with E-state index < -0.39 is 0 Å². The van der Waals surface area contributed by atoms with Gasteiger partial charge in [0.25, 0.3) is 5.89 Å². The molecule has 25 heavy (non-hydrogen) atoms. The lowest BCUT2D eigenvalue weighted by molar-refractivity contribution is 0.356. The van der Waals surface area contributed by atoms with Gasteiger partial charge in [-0.1, -0.05) is 40.5 Å². The van der Waals surface area contributed by atoms with Gasteiger partial charge in [-0.2, -0.15) is 9.78 Å². The van der Waals surface area contributed by atoms with E-state index >= 15 is 0 Å². The molecule has 9 heteroatoms. The second kappa shape index (κ2) is 6.62. The highest BCUT2D eigenvalue weighted by atomic mass is 35.5. The van der Waals surface area contributed by atoms with Crippen LogP contribution in [0.25, 0.3) is 22.8 Å². The molecule has 0 saturated carbocycles. The summed E-state index contributed by atoms with van der Waals surface area (Å²) in [4.78, 5) is 5.70. The van der Waals surface area contributed by atoms with E-state index in [9.17, 15) is 0 Å². The third-order valence-corrected chi connectivity index (χ3v) is 4.00. The molecule has 0 spiro atoms. The molecule has 0 radical (unpaired) electrons. The fraction of sp³-hybridized carbons (Fsp3) is 0.0625. The lowest BCUT2D eigenvalue weighted by Gasteiger charge is -1.96. The first kappa shape index (κ1) is 15.7. The minimum absolute atomic E-state index is 0.206. The van der Waals surface area contributed by atoms with E-state index in [-0.39, 0.29) is 6.54 Å². The Morgan fingerprint density at radius 3 is 2.56 bits per heavy atom. The van der Waals surface area contributed by atoms with Gasteiger partial charge in [0.1, 0.15) is 6.54 Å².